The molecule has 0 atom stereocenters. The van der Waals surface area contributed by atoms with Crippen molar-refractivity contribution < 1.29 is 14.5 Å². The van der Waals surface area contributed by atoms with Gasteiger partial charge in [-0.3, -0.25) is 19.9 Å². The number of pyridine rings is 1. The van der Waals surface area contributed by atoms with Crippen LogP contribution in [-0.4, -0.2) is 28.0 Å². The van der Waals surface area contributed by atoms with Gasteiger partial charge in [0.25, 0.3) is 0 Å². The molecule has 104 valence electrons. The van der Waals surface area contributed by atoms with Gasteiger partial charge in [-0.2, -0.15) is 0 Å². The van der Waals surface area contributed by atoms with E-state index in [1.165, 1.54) is 12.3 Å². The van der Waals surface area contributed by atoms with Crippen molar-refractivity contribution in [3.63, 3.8) is 0 Å². The van der Waals surface area contributed by atoms with Crippen molar-refractivity contribution in [2.45, 2.75) is 32.8 Å². The van der Waals surface area contributed by atoms with Crippen LogP contribution in [0.5, 0.6) is 0 Å². The van der Waals surface area contributed by atoms with Crippen molar-refractivity contribution in [2.24, 2.45) is 0 Å². The van der Waals surface area contributed by atoms with Crippen LogP contribution in [0.3, 0.4) is 0 Å². The first-order chi connectivity index (χ1) is 8.79. The number of esters is 1. The van der Waals surface area contributed by atoms with Gasteiger partial charge in [-0.05, 0) is 26.8 Å². The minimum atomic E-state index is -0.528. The Bertz CT molecular complexity index is 468. The Morgan fingerprint density at radius 1 is 1.53 bits per heavy atom. The zero-order valence-corrected chi connectivity index (χ0v) is 11.2. The Labute approximate surface area is 111 Å². The zero-order chi connectivity index (χ0) is 14.5. The van der Waals surface area contributed by atoms with E-state index in [0.29, 0.717) is 5.69 Å². The lowest BCUT2D eigenvalue weighted by atomic mass is 10.2. The first kappa shape index (κ1) is 14.9. The molecule has 0 aliphatic carbocycles. The Balaban J connectivity index is 2.50. The van der Waals surface area contributed by atoms with Crippen LogP contribution in [0, 0.1) is 10.1 Å². The number of hydrogen-bond acceptors (Lipinski definition) is 6. The standard InChI is InChI=1S/C12H17N3O4/c1-12(2,3)19-11(16)5-7-14-9-4-6-13-8-10(9)15(17)18/h4,6,8H,5,7H2,1-3H3,(H,13,14). The Morgan fingerprint density at radius 3 is 2.79 bits per heavy atom. The molecule has 0 unspecified atom stereocenters. The van der Waals surface area contributed by atoms with Crippen LogP contribution in [0.25, 0.3) is 0 Å². The zero-order valence-electron chi connectivity index (χ0n) is 11.2. The monoisotopic (exact) mass is 267 g/mol. The molecule has 0 radical (unpaired) electrons. The van der Waals surface area contributed by atoms with Crippen LogP contribution in [0.4, 0.5) is 11.4 Å². The molecular weight excluding hydrogens is 250 g/mol. The summed E-state index contributed by atoms with van der Waals surface area (Å²) >= 11 is 0. The molecule has 1 rings (SSSR count). The summed E-state index contributed by atoms with van der Waals surface area (Å²) in [7, 11) is 0. The molecule has 7 nitrogen and oxygen atoms in total. The number of hydrogen-bond donors (Lipinski definition) is 1. The summed E-state index contributed by atoms with van der Waals surface area (Å²) < 4.78 is 5.13. The fraction of sp³-hybridized carbons (Fsp3) is 0.500. The third-order valence-electron chi connectivity index (χ3n) is 2.06. The van der Waals surface area contributed by atoms with Gasteiger partial charge in [-0.25, -0.2) is 0 Å². The molecule has 0 bridgehead atoms. The summed E-state index contributed by atoms with van der Waals surface area (Å²) in [5.41, 5.74) is -0.310. The predicted octanol–water partition coefficient (Wildman–Crippen LogP) is 2.13. The molecule has 0 saturated carbocycles. The van der Waals surface area contributed by atoms with E-state index in [1.807, 2.05) is 0 Å². The third kappa shape index (κ3) is 5.33. The topological polar surface area (TPSA) is 94.4 Å². The molecular formula is C12H17N3O4. The average Bonchev–Trinajstić information content (AvgIpc) is 2.27. The molecule has 1 N–H and O–H groups in total. The number of nitro groups is 1. The number of carbonyl (C=O) groups is 1. The number of ether oxygens (including phenoxy) is 1. The second-order valence-corrected chi connectivity index (χ2v) is 4.91. The van der Waals surface area contributed by atoms with Gasteiger partial charge in [-0.15, -0.1) is 0 Å². The van der Waals surface area contributed by atoms with E-state index in [1.54, 1.807) is 20.8 Å². The highest BCUT2D eigenvalue weighted by Gasteiger charge is 2.17. The number of nitrogens with one attached hydrogen (secondary N) is 1. The highest BCUT2D eigenvalue weighted by molar-refractivity contribution is 5.71. The number of aromatic nitrogens is 1. The summed E-state index contributed by atoms with van der Waals surface area (Å²) in [4.78, 5) is 25.4. The Kier molecular flexibility index (Phi) is 4.80. The maximum Gasteiger partial charge on any atom is 0.310 e. The smallest absolute Gasteiger partial charge is 0.310 e. The Hall–Kier alpha value is -2.18. The van der Waals surface area contributed by atoms with Crippen molar-refractivity contribution in [3.8, 4) is 0 Å². The van der Waals surface area contributed by atoms with Crippen LogP contribution >= 0.6 is 0 Å². The van der Waals surface area contributed by atoms with Gasteiger partial charge in [0, 0.05) is 12.7 Å². The van der Waals surface area contributed by atoms with Gasteiger partial charge in [0.1, 0.15) is 17.5 Å². The molecule has 0 aliphatic rings. The summed E-state index contributed by atoms with van der Waals surface area (Å²) in [5, 5.41) is 13.6. The summed E-state index contributed by atoms with van der Waals surface area (Å²) in [6.07, 6.45) is 2.75. The van der Waals surface area contributed by atoms with Gasteiger partial charge < -0.3 is 10.1 Å². The molecule has 0 aliphatic heterocycles. The van der Waals surface area contributed by atoms with E-state index in [2.05, 4.69) is 10.3 Å². The summed E-state index contributed by atoms with van der Waals surface area (Å²) in [5.74, 6) is -0.350. The first-order valence-electron chi connectivity index (χ1n) is 5.84. The molecule has 0 spiro atoms. The van der Waals surface area contributed by atoms with Crippen LogP contribution in [0.15, 0.2) is 18.5 Å². The normalized spacial score (nSPS) is 10.9. The lowest BCUT2D eigenvalue weighted by Gasteiger charge is -2.19. The van der Waals surface area contributed by atoms with Gasteiger partial charge in [0.2, 0.25) is 0 Å². The van der Waals surface area contributed by atoms with Crippen LogP contribution in [-0.2, 0) is 9.53 Å². The number of anilines is 1. The third-order valence-corrected chi connectivity index (χ3v) is 2.06. The van der Waals surface area contributed by atoms with Gasteiger partial charge in [0.15, 0.2) is 0 Å². The maximum atomic E-state index is 11.5. The van der Waals surface area contributed by atoms with Crippen molar-refractivity contribution in [1.29, 1.82) is 0 Å². The molecule has 0 amide bonds. The van der Waals surface area contributed by atoms with Crippen LogP contribution in [0.2, 0.25) is 0 Å². The van der Waals surface area contributed by atoms with Gasteiger partial charge in [0.05, 0.1) is 11.3 Å². The van der Waals surface area contributed by atoms with Crippen molar-refractivity contribution >= 4 is 17.3 Å². The van der Waals surface area contributed by atoms with E-state index in [4.69, 9.17) is 4.74 Å². The highest BCUT2D eigenvalue weighted by Crippen LogP contribution is 2.21. The average molecular weight is 267 g/mol. The minimum absolute atomic E-state index is 0.119. The molecule has 19 heavy (non-hydrogen) atoms. The minimum Gasteiger partial charge on any atom is -0.460 e. The predicted molar refractivity (Wildman–Crippen MR) is 69.8 cm³/mol. The van der Waals surface area contributed by atoms with Crippen molar-refractivity contribution in [3.05, 3.63) is 28.6 Å². The molecule has 1 aromatic heterocycles. The van der Waals surface area contributed by atoms with Crippen molar-refractivity contribution in [1.82, 2.24) is 4.98 Å². The fourth-order valence-electron chi connectivity index (χ4n) is 1.37. The van der Waals surface area contributed by atoms with E-state index in [0.717, 1.165) is 6.20 Å². The molecule has 0 fully saturated rings. The number of nitrogens with zero attached hydrogens (tertiary/aromatic N) is 2. The molecule has 1 aromatic rings. The van der Waals surface area contributed by atoms with E-state index in [9.17, 15) is 14.9 Å². The number of carbonyl (C=O) groups excluding carboxylic acids is 1. The largest absolute Gasteiger partial charge is 0.460 e. The molecule has 1 heterocycles. The van der Waals surface area contributed by atoms with E-state index in [-0.39, 0.29) is 24.6 Å². The first-order valence-corrected chi connectivity index (χ1v) is 5.84. The molecule has 7 heteroatoms. The maximum absolute atomic E-state index is 11.5. The second kappa shape index (κ2) is 6.12. The highest BCUT2D eigenvalue weighted by atomic mass is 16.6. The van der Waals surface area contributed by atoms with Gasteiger partial charge in [-0.1, -0.05) is 0 Å². The van der Waals surface area contributed by atoms with E-state index >= 15 is 0 Å². The SMILES string of the molecule is CC(C)(C)OC(=O)CCNc1ccncc1[N+](=O)[O-]. The lowest BCUT2D eigenvalue weighted by molar-refractivity contribution is -0.384. The second-order valence-electron chi connectivity index (χ2n) is 4.91. The van der Waals surface area contributed by atoms with Crippen molar-refractivity contribution in [2.75, 3.05) is 11.9 Å². The summed E-state index contributed by atoms with van der Waals surface area (Å²) in [6, 6.07) is 1.49. The lowest BCUT2D eigenvalue weighted by Crippen LogP contribution is -2.25. The Morgan fingerprint density at radius 2 is 2.21 bits per heavy atom. The number of rotatable bonds is 5. The van der Waals surface area contributed by atoms with Gasteiger partial charge >= 0.3 is 11.7 Å². The van der Waals surface area contributed by atoms with E-state index < -0.39 is 10.5 Å². The summed E-state index contributed by atoms with van der Waals surface area (Å²) in [6.45, 7) is 5.61. The van der Waals surface area contributed by atoms with Crippen LogP contribution in [0.1, 0.15) is 27.2 Å². The fourth-order valence-corrected chi connectivity index (χ4v) is 1.37. The molecule has 0 aromatic carbocycles. The van der Waals surface area contributed by atoms with Crippen LogP contribution < -0.4 is 5.32 Å². The quantitative estimate of drug-likeness (QED) is 0.499. The molecule has 0 saturated heterocycles.